The molecule has 0 aromatic heterocycles. The fraction of sp³-hybridized carbons (Fsp3) is 0.154. The first-order valence-corrected chi connectivity index (χ1v) is 10.8. The van der Waals surface area contributed by atoms with E-state index in [2.05, 4.69) is 5.32 Å². The highest BCUT2D eigenvalue weighted by Crippen LogP contribution is 2.33. The van der Waals surface area contributed by atoms with E-state index in [0.29, 0.717) is 22.7 Å². The Balaban J connectivity index is 1.99. The molecule has 3 aromatic rings. The van der Waals surface area contributed by atoms with Gasteiger partial charge in [0.1, 0.15) is 18.1 Å². The van der Waals surface area contributed by atoms with Gasteiger partial charge in [0.25, 0.3) is 5.91 Å². The van der Waals surface area contributed by atoms with Gasteiger partial charge < -0.3 is 19.3 Å². The zero-order valence-electron chi connectivity index (χ0n) is 18.7. The van der Waals surface area contributed by atoms with E-state index in [0.717, 1.165) is 6.08 Å². The number of carbonyl (C=O) groups excluding carboxylic acids is 2. The van der Waals surface area contributed by atoms with E-state index < -0.39 is 24.2 Å². The number of nitrogens with one attached hydrogen (secondary N) is 2. The SMILES string of the molecule is O=C(/C=C/[C@@H](Oc1ccccc1)[C@H](OC(=O)Nc1ccccc1)c1ccccc1OCCO)NO. The van der Waals surface area contributed by atoms with Crippen molar-refractivity contribution in [1.29, 1.82) is 0 Å². The van der Waals surface area contributed by atoms with Gasteiger partial charge in [0.2, 0.25) is 0 Å². The predicted octanol–water partition coefficient (Wildman–Crippen LogP) is 3.86. The minimum absolute atomic E-state index is 0.0207. The normalized spacial score (nSPS) is 12.4. The summed E-state index contributed by atoms with van der Waals surface area (Å²) in [4.78, 5) is 24.6. The standard InChI is InChI=1S/C26H26N2O7/c29-17-18-33-22-14-8-7-13-21(22)25(35-26(31)27-19-9-3-1-4-10-19)23(15-16-24(30)28-32)34-20-11-5-2-6-12-20/h1-16,23,25,29,32H,17-18H2,(H,27,31)(H,28,30)/b16-15+/t23-,25-/m1/s1. The van der Waals surface area contributed by atoms with E-state index in [-0.39, 0.29) is 13.2 Å². The molecule has 182 valence electrons. The van der Waals surface area contributed by atoms with Crippen molar-refractivity contribution in [2.24, 2.45) is 0 Å². The fourth-order valence-corrected chi connectivity index (χ4v) is 3.17. The molecule has 2 amide bonds. The van der Waals surface area contributed by atoms with Crippen LogP contribution in [0, 0.1) is 0 Å². The highest BCUT2D eigenvalue weighted by molar-refractivity contribution is 5.86. The van der Waals surface area contributed by atoms with Crippen LogP contribution in [0.3, 0.4) is 0 Å². The maximum absolute atomic E-state index is 12.9. The van der Waals surface area contributed by atoms with Gasteiger partial charge >= 0.3 is 6.09 Å². The van der Waals surface area contributed by atoms with Crippen molar-refractivity contribution in [1.82, 2.24) is 5.48 Å². The lowest BCUT2D eigenvalue weighted by atomic mass is 10.0. The number of hydrogen-bond acceptors (Lipinski definition) is 7. The Morgan fingerprint density at radius 3 is 2.26 bits per heavy atom. The van der Waals surface area contributed by atoms with Crippen LogP contribution >= 0.6 is 0 Å². The van der Waals surface area contributed by atoms with Gasteiger partial charge in [-0.1, -0.05) is 54.6 Å². The van der Waals surface area contributed by atoms with E-state index in [1.165, 1.54) is 11.6 Å². The van der Waals surface area contributed by atoms with Crippen LogP contribution in [0.1, 0.15) is 11.7 Å². The average molecular weight is 479 g/mol. The molecule has 0 radical (unpaired) electrons. The van der Waals surface area contributed by atoms with Crippen molar-refractivity contribution < 1.29 is 34.1 Å². The fourth-order valence-electron chi connectivity index (χ4n) is 3.17. The summed E-state index contributed by atoms with van der Waals surface area (Å²) in [5, 5.41) is 20.8. The third-order valence-electron chi connectivity index (χ3n) is 4.69. The molecule has 0 saturated carbocycles. The largest absolute Gasteiger partial charge is 0.491 e. The molecule has 0 aliphatic carbocycles. The Labute approximate surface area is 202 Å². The Kier molecular flexibility index (Phi) is 9.67. The van der Waals surface area contributed by atoms with Crippen molar-refractivity contribution >= 4 is 17.7 Å². The lowest BCUT2D eigenvalue weighted by molar-refractivity contribution is -0.124. The monoisotopic (exact) mass is 478 g/mol. The van der Waals surface area contributed by atoms with Crippen molar-refractivity contribution in [2.75, 3.05) is 18.5 Å². The average Bonchev–Trinajstić information content (AvgIpc) is 2.89. The molecular weight excluding hydrogens is 452 g/mol. The molecule has 3 aromatic carbocycles. The lowest BCUT2D eigenvalue weighted by Gasteiger charge is -2.27. The second-order valence-electron chi connectivity index (χ2n) is 7.16. The lowest BCUT2D eigenvalue weighted by Crippen LogP contribution is -2.30. The zero-order chi connectivity index (χ0) is 24.9. The molecule has 0 unspecified atom stereocenters. The number of para-hydroxylation sites is 3. The molecule has 0 heterocycles. The topological polar surface area (TPSA) is 126 Å². The summed E-state index contributed by atoms with van der Waals surface area (Å²) < 4.78 is 17.5. The first-order valence-electron chi connectivity index (χ1n) is 10.8. The molecule has 35 heavy (non-hydrogen) atoms. The van der Waals surface area contributed by atoms with Crippen LogP contribution in [-0.2, 0) is 9.53 Å². The first-order chi connectivity index (χ1) is 17.1. The van der Waals surface area contributed by atoms with Crippen LogP contribution < -0.4 is 20.3 Å². The van der Waals surface area contributed by atoms with Crippen molar-refractivity contribution in [2.45, 2.75) is 12.2 Å². The van der Waals surface area contributed by atoms with Gasteiger partial charge in [0, 0.05) is 17.3 Å². The number of amides is 2. The second kappa shape index (κ2) is 13.4. The van der Waals surface area contributed by atoms with E-state index in [4.69, 9.17) is 19.4 Å². The smallest absolute Gasteiger partial charge is 0.412 e. The van der Waals surface area contributed by atoms with Gasteiger partial charge in [-0.05, 0) is 36.4 Å². The van der Waals surface area contributed by atoms with Crippen LogP contribution in [0.4, 0.5) is 10.5 Å². The summed E-state index contributed by atoms with van der Waals surface area (Å²) in [7, 11) is 0. The Morgan fingerprint density at radius 1 is 0.914 bits per heavy atom. The molecule has 0 saturated heterocycles. The van der Waals surface area contributed by atoms with E-state index in [9.17, 15) is 14.7 Å². The summed E-state index contributed by atoms with van der Waals surface area (Å²) in [6, 6.07) is 24.4. The van der Waals surface area contributed by atoms with Gasteiger partial charge in [0.05, 0.1) is 6.61 Å². The summed E-state index contributed by atoms with van der Waals surface area (Å²) in [6.45, 7) is -0.193. The number of carbonyl (C=O) groups is 2. The number of aliphatic hydroxyl groups is 1. The number of aliphatic hydroxyl groups excluding tert-OH is 1. The van der Waals surface area contributed by atoms with Crippen LogP contribution in [-0.4, -0.2) is 41.6 Å². The second-order valence-corrected chi connectivity index (χ2v) is 7.16. The molecule has 3 rings (SSSR count). The third kappa shape index (κ3) is 7.88. The molecule has 9 heteroatoms. The van der Waals surface area contributed by atoms with Crippen LogP contribution in [0.5, 0.6) is 11.5 Å². The van der Waals surface area contributed by atoms with E-state index >= 15 is 0 Å². The van der Waals surface area contributed by atoms with E-state index in [1.807, 2.05) is 12.1 Å². The van der Waals surface area contributed by atoms with Gasteiger partial charge in [-0.25, -0.2) is 10.3 Å². The molecule has 0 spiro atoms. The summed E-state index contributed by atoms with van der Waals surface area (Å²) >= 11 is 0. The Morgan fingerprint density at radius 2 is 1.57 bits per heavy atom. The number of hydrogen-bond donors (Lipinski definition) is 4. The third-order valence-corrected chi connectivity index (χ3v) is 4.69. The molecule has 0 aliphatic heterocycles. The Hall–Kier alpha value is -4.34. The van der Waals surface area contributed by atoms with Gasteiger partial charge in [-0.2, -0.15) is 0 Å². The molecule has 9 nitrogen and oxygen atoms in total. The van der Waals surface area contributed by atoms with Crippen LogP contribution in [0.15, 0.2) is 97.1 Å². The van der Waals surface area contributed by atoms with Crippen LogP contribution in [0.2, 0.25) is 0 Å². The highest BCUT2D eigenvalue weighted by Gasteiger charge is 2.30. The zero-order valence-corrected chi connectivity index (χ0v) is 18.7. The van der Waals surface area contributed by atoms with E-state index in [1.54, 1.807) is 72.8 Å². The molecule has 4 N–H and O–H groups in total. The van der Waals surface area contributed by atoms with Gasteiger partial charge in [0.15, 0.2) is 12.2 Å². The molecule has 0 fully saturated rings. The molecule has 0 bridgehead atoms. The number of hydroxylamine groups is 1. The Bertz CT molecular complexity index is 1110. The molecular formula is C26H26N2O7. The number of benzene rings is 3. The highest BCUT2D eigenvalue weighted by atomic mass is 16.6. The van der Waals surface area contributed by atoms with Crippen molar-refractivity contribution in [3.63, 3.8) is 0 Å². The predicted molar refractivity (Wildman–Crippen MR) is 128 cm³/mol. The van der Waals surface area contributed by atoms with Crippen molar-refractivity contribution in [3.05, 3.63) is 103 Å². The number of ether oxygens (including phenoxy) is 3. The molecule has 0 aliphatic rings. The van der Waals surface area contributed by atoms with Crippen LogP contribution in [0.25, 0.3) is 0 Å². The first kappa shape index (κ1) is 25.3. The quantitative estimate of drug-likeness (QED) is 0.187. The summed E-state index contributed by atoms with van der Waals surface area (Å²) in [5.41, 5.74) is 2.49. The maximum Gasteiger partial charge on any atom is 0.412 e. The minimum Gasteiger partial charge on any atom is -0.491 e. The summed E-state index contributed by atoms with van der Waals surface area (Å²) in [6.07, 6.45) is -0.426. The number of rotatable bonds is 11. The minimum atomic E-state index is -1.09. The van der Waals surface area contributed by atoms with Crippen molar-refractivity contribution in [3.8, 4) is 11.5 Å². The summed E-state index contributed by atoms with van der Waals surface area (Å²) in [5.74, 6) is 0.0297. The van der Waals surface area contributed by atoms with Gasteiger partial charge in [-0.15, -0.1) is 0 Å². The number of anilines is 1. The molecule has 2 atom stereocenters. The maximum atomic E-state index is 12.9. The van der Waals surface area contributed by atoms with Gasteiger partial charge in [-0.3, -0.25) is 15.3 Å².